The lowest BCUT2D eigenvalue weighted by Gasteiger charge is -2.19. The number of hydrogen-bond acceptors (Lipinski definition) is 2. The second-order valence-electron chi connectivity index (χ2n) is 4.68. The summed E-state index contributed by atoms with van der Waals surface area (Å²) in [7, 11) is 1.60. The fourth-order valence-corrected chi connectivity index (χ4v) is 2.15. The lowest BCUT2D eigenvalue weighted by Crippen LogP contribution is -2.11. The van der Waals surface area contributed by atoms with E-state index in [0.717, 1.165) is 17.0 Å². The third kappa shape index (κ3) is 2.90. The van der Waals surface area contributed by atoms with Gasteiger partial charge in [0.2, 0.25) is 0 Å². The fraction of sp³-hybridized carbons (Fsp3) is 0.250. The third-order valence-electron chi connectivity index (χ3n) is 3.24. The molecule has 0 heterocycles. The standard InChI is InChI=1S/C16H17F2NO/c1-10-9-12(20-3)7-8-15(10)19-11(2)16-13(17)5-4-6-14(16)18/h4-9,11,19H,1-3H3. The van der Waals surface area contributed by atoms with Crippen molar-refractivity contribution in [1.29, 1.82) is 0 Å². The molecule has 0 aliphatic carbocycles. The summed E-state index contributed by atoms with van der Waals surface area (Å²) in [6.45, 7) is 3.64. The molecule has 0 spiro atoms. The van der Waals surface area contributed by atoms with Crippen molar-refractivity contribution in [2.24, 2.45) is 0 Å². The van der Waals surface area contributed by atoms with Gasteiger partial charge in [-0.25, -0.2) is 8.78 Å². The van der Waals surface area contributed by atoms with Gasteiger partial charge in [-0.3, -0.25) is 0 Å². The molecule has 0 aliphatic rings. The highest BCUT2D eigenvalue weighted by Crippen LogP contribution is 2.27. The minimum atomic E-state index is -0.545. The smallest absolute Gasteiger partial charge is 0.131 e. The SMILES string of the molecule is COc1ccc(NC(C)c2c(F)cccc2F)c(C)c1. The van der Waals surface area contributed by atoms with E-state index in [-0.39, 0.29) is 5.56 Å². The van der Waals surface area contributed by atoms with Gasteiger partial charge in [-0.15, -0.1) is 0 Å². The van der Waals surface area contributed by atoms with Crippen LogP contribution in [0, 0.1) is 18.6 Å². The molecule has 2 aromatic rings. The number of hydrogen-bond donors (Lipinski definition) is 1. The van der Waals surface area contributed by atoms with Crippen LogP contribution >= 0.6 is 0 Å². The van der Waals surface area contributed by atoms with Gasteiger partial charge in [-0.2, -0.15) is 0 Å². The monoisotopic (exact) mass is 277 g/mol. The van der Waals surface area contributed by atoms with Gasteiger partial charge in [-0.1, -0.05) is 6.07 Å². The first-order chi connectivity index (χ1) is 9.52. The first-order valence-corrected chi connectivity index (χ1v) is 6.38. The summed E-state index contributed by atoms with van der Waals surface area (Å²) >= 11 is 0. The molecule has 4 heteroatoms. The number of ether oxygens (including phenoxy) is 1. The molecule has 2 nitrogen and oxygen atoms in total. The lowest BCUT2D eigenvalue weighted by atomic mass is 10.1. The Morgan fingerprint density at radius 2 is 1.75 bits per heavy atom. The Morgan fingerprint density at radius 3 is 2.30 bits per heavy atom. The van der Waals surface area contributed by atoms with Gasteiger partial charge in [0.1, 0.15) is 17.4 Å². The molecule has 0 aliphatic heterocycles. The number of rotatable bonds is 4. The van der Waals surface area contributed by atoms with Crippen LogP contribution in [0.1, 0.15) is 24.1 Å². The summed E-state index contributed by atoms with van der Waals surface area (Å²) in [5.74, 6) is -0.342. The molecule has 1 unspecified atom stereocenters. The molecular weight excluding hydrogens is 260 g/mol. The molecule has 0 radical (unpaired) electrons. The lowest BCUT2D eigenvalue weighted by molar-refractivity contribution is 0.414. The Balaban J connectivity index is 2.26. The van der Waals surface area contributed by atoms with E-state index in [1.165, 1.54) is 18.2 Å². The van der Waals surface area contributed by atoms with Gasteiger partial charge in [0, 0.05) is 11.3 Å². The molecule has 2 aromatic carbocycles. The van der Waals surface area contributed by atoms with Crippen LogP contribution in [0.15, 0.2) is 36.4 Å². The quantitative estimate of drug-likeness (QED) is 0.891. The van der Waals surface area contributed by atoms with Gasteiger partial charge in [-0.05, 0) is 49.7 Å². The molecule has 0 amide bonds. The zero-order valence-corrected chi connectivity index (χ0v) is 11.7. The Bertz CT molecular complexity index is 593. The van der Waals surface area contributed by atoms with E-state index < -0.39 is 17.7 Å². The predicted octanol–water partition coefficient (Wildman–Crippen LogP) is 4.45. The van der Waals surface area contributed by atoms with Crippen LogP contribution < -0.4 is 10.1 Å². The van der Waals surface area contributed by atoms with E-state index in [4.69, 9.17) is 4.74 Å². The second kappa shape index (κ2) is 5.90. The molecule has 0 saturated carbocycles. The van der Waals surface area contributed by atoms with Crippen molar-refractivity contribution in [3.05, 3.63) is 59.2 Å². The number of anilines is 1. The van der Waals surface area contributed by atoms with Crippen molar-refractivity contribution >= 4 is 5.69 Å². The van der Waals surface area contributed by atoms with E-state index in [2.05, 4.69) is 5.32 Å². The third-order valence-corrected chi connectivity index (χ3v) is 3.24. The number of nitrogens with one attached hydrogen (secondary N) is 1. The summed E-state index contributed by atoms with van der Waals surface area (Å²) in [6, 6.07) is 8.92. The van der Waals surface area contributed by atoms with Gasteiger partial charge in [0.25, 0.3) is 0 Å². The molecule has 2 rings (SSSR count). The van der Waals surface area contributed by atoms with E-state index in [0.29, 0.717) is 0 Å². The normalized spacial score (nSPS) is 12.1. The fourth-order valence-electron chi connectivity index (χ4n) is 2.15. The van der Waals surface area contributed by atoms with E-state index in [1.807, 2.05) is 19.1 Å². The summed E-state index contributed by atoms with van der Waals surface area (Å²) in [5.41, 5.74) is 1.82. The number of benzene rings is 2. The second-order valence-corrected chi connectivity index (χ2v) is 4.68. The average Bonchev–Trinajstić information content (AvgIpc) is 2.41. The maximum absolute atomic E-state index is 13.7. The molecule has 0 bridgehead atoms. The first kappa shape index (κ1) is 14.3. The Labute approximate surface area is 117 Å². The summed E-state index contributed by atoms with van der Waals surface area (Å²) in [6.07, 6.45) is 0. The molecular formula is C16H17F2NO. The van der Waals surface area contributed by atoms with E-state index in [9.17, 15) is 8.78 Å². The van der Waals surface area contributed by atoms with Crippen LogP contribution in [-0.4, -0.2) is 7.11 Å². The topological polar surface area (TPSA) is 21.3 Å². The van der Waals surface area contributed by atoms with Gasteiger partial charge >= 0.3 is 0 Å². The highest BCUT2D eigenvalue weighted by atomic mass is 19.1. The maximum Gasteiger partial charge on any atom is 0.131 e. The van der Waals surface area contributed by atoms with Crippen LogP contribution in [0.5, 0.6) is 5.75 Å². The minimum absolute atomic E-state index is 0.0442. The number of halogens is 2. The molecule has 1 N–H and O–H groups in total. The Hall–Kier alpha value is -2.10. The van der Waals surface area contributed by atoms with Crippen molar-refractivity contribution in [3.63, 3.8) is 0 Å². The highest BCUT2D eigenvalue weighted by Gasteiger charge is 2.16. The van der Waals surface area contributed by atoms with Crippen LogP contribution in [-0.2, 0) is 0 Å². The van der Waals surface area contributed by atoms with Gasteiger partial charge in [0.15, 0.2) is 0 Å². The molecule has 0 saturated heterocycles. The molecule has 0 aromatic heterocycles. The van der Waals surface area contributed by atoms with Crippen molar-refractivity contribution < 1.29 is 13.5 Å². The van der Waals surface area contributed by atoms with E-state index >= 15 is 0 Å². The largest absolute Gasteiger partial charge is 0.497 e. The zero-order valence-electron chi connectivity index (χ0n) is 11.7. The van der Waals surface area contributed by atoms with Crippen LogP contribution in [0.3, 0.4) is 0 Å². The molecule has 1 atom stereocenters. The average molecular weight is 277 g/mol. The Morgan fingerprint density at radius 1 is 1.10 bits per heavy atom. The first-order valence-electron chi connectivity index (χ1n) is 6.38. The highest BCUT2D eigenvalue weighted by molar-refractivity contribution is 5.55. The summed E-state index contributed by atoms with van der Waals surface area (Å²) in [5, 5.41) is 3.12. The summed E-state index contributed by atoms with van der Waals surface area (Å²) < 4.78 is 32.6. The minimum Gasteiger partial charge on any atom is -0.497 e. The van der Waals surface area contributed by atoms with Crippen molar-refractivity contribution in [2.75, 3.05) is 12.4 Å². The van der Waals surface area contributed by atoms with Crippen molar-refractivity contribution in [3.8, 4) is 5.75 Å². The number of methoxy groups -OCH3 is 1. The molecule has 0 fully saturated rings. The van der Waals surface area contributed by atoms with Gasteiger partial charge < -0.3 is 10.1 Å². The summed E-state index contributed by atoms with van der Waals surface area (Å²) in [4.78, 5) is 0. The predicted molar refractivity (Wildman–Crippen MR) is 76.1 cm³/mol. The van der Waals surface area contributed by atoms with Crippen molar-refractivity contribution in [1.82, 2.24) is 0 Å². The van der Waals surface area contributed by atoms with Crippen LogP contribution in [0.4, 0.5) is 14.5 Å². The Kier molecular flexibility index (Phi) is 4.23. The number of aryl methyl sites for hydroxylation is 1. The van der Waals surface area contributed by atoms with E-state index in [1.54, 1.807) is 20.1 Å². The van der Waals surface area contributed by atoms with Crippen LogP contribution in [0.2, 0.25) is 0 Å². The molecule has 20 heavy (non-hydrogen) atoms. The van der Waals surface area contributed by atoms with Gasteiger partial charge in [0.05, 0.1) is 13.2 Å². The zero-order chi connectivity index (χ0) is 14.7. The van der Waals surface area contributed by atoms with Crippen molar-refractivity contribution in [2.45, 2.75) is 19.9 Å². The maximum atomic E-state index is 13.7. The molecule has 106 valence electrons. The van der Waals surface area contributed by atoms with Crippen LogP contribution in [0.25, 0.3) is 0 Å².